The van der Waals surface area contributed by atoms with Crippen molar-refractivity contribution in [2.75, 3.05) is 6.54 Å². The van der Waals surface area contributed by atoms with Crippen molar-refractivity contribution in [1.29, 1.82) is 0 Å². The summed E-state index contributed by atoms with van der Waals surface area (Å²) < 4.78 is 0. The molecule has 0 radical (unpaired) electrons. The molecule has 0 aliphatic heterocycles. The molecule has 1 rings (SSSR count). The van der Waals surface area contributed by atoms with Crippen LogP contribution in [0.2, 0.25) is 0 Å². The zero-order valence-electron chi connectivity index (χ0n) is 6.20. The van der Waals surface area contributed by atoms with Gasteiger partial charge in [-0.25, -0.2) is 0 Å². The number of rotatable bonds is 0. The van der Waals surface area contributed by atoms with E-state index in [1.165, 1.54) is 0 Å². The molecule has 2 heteroatoms. The second-order valence-electron chi connectivity index (χ2n) is 1.74. The van der Waals surface area contributed by atoms with Crippen LogP contribution in [0.25, 0.3) is 0 Å². The molecule has 0 atom stereocenters. The molecule has 2 N–H and O–H groups in total. The average Bonchev–Trinajstić information content (AvgIpc) is 2.07. The largest absolute Gasteiger partial charge is 0.320 e. The number of nitrogens with two attached hydrogens (primary N) is 1. The molecule has 0 amide bonds. The second-order valence-corrected chi connectivity index (χ2v) is 2.26. The van der Waals surface area contributed by atoms with Gasteiger partial charge in [0.2, 0.25) is 0 Å². The van der Waals surface area contributed by atoms with Crippen molar-refractivity contribution >= 4 is 12.6 Å². The quantitative estimate of drug-likeness (QED) is 0.443. The molecule has 58 valence electrons. The van der Waals surface area contributed by atoms with Crippen LogP contribution in [0, 0.1) is 12.3 Å². The van der Waals surface area contributed by atoms with E-state index < -0.39 is 0 Å². The monoisotopic (exact) mass is 165 g/mol. The van der Waals surface area contributed by atoms with Gasteiger partial charge >= 0.3 is 0 Å². The lowest BCUT2D eigenvalue weighted by Gasteiger charge is -1.81. The van der Waals surface area contributed by atoms with Crippen molar-refractivity contribution in [1.82, 2.24) is 0 Å². The number of hydrogen-bond donors (Lipinski definition) is 2. The Kier molecular flexibility index (Phi) is 6.60. The summed E-state index contributed by atoms with van der Waals surface area (Å²) in [5, 5.41) is 0. The average molecular weight is 165 g/mol. The van der Waals surface area contributed by atoms with Crippen LogP contribution < -0.4 is 5.73 Å². The molecule has 1 nitrogen and oxygen atoms in total. The van der Waals surface area contributed by atoms with Crippen LogP contribution in [0.5, 0.6) is 0 Å². The highest BCUT2D eigenvalue weighted by atomic mass is 32.1. The minimum absolute atomic E-state index is 0.347. The zero-order chi connectivity index (χ0) is 8.53. The lowest BCUT2D eigenvalue weighted by atomic mass is 10.4. The predicted molar refractivity (Wildman–Crippen MR) is 51.6 cm³/mol. The molecular formula is C9H11NS. The SMILES string of the molecule is C#CCN.Sc1ccccc1. The third-order valence-electron chi connectivity index (χ3n) is 0.874. The summed E-state index contributed by atoms with van der Waals surface area (Å²) in [5.74, 6) is 2.21. The van der Waals surface area contributed by atoms with Gasteiger partial charge in [-0.15, -0.1) is 19.1 Å². The van der Waals surface area contributed by atoms with Crippen molar-refractivity contribution in [3.8, 4) is 12.3 Å². The van der Waals surface area contributed by atoms with Crippen LogP contribution in [-0.4, -0.2) is 6.54 Å². The Morgan fingerprint density at radius 1 is 1.36 bits per heavy atom. The number of thiol groups is 1. The van der Waals surface area contributed by atoms with Crippen molar-refractivity contribution in [3.63, 3.8) is 0 Å². The van der Waals surface area contributed by atoms with Crippen LogP contribution in [0.15, 0.2) is 35.2 Å². The van der Waals surface area contributed by atoms with E-state index in [9.17, 15) is 0 Å². The molecule has 0 aromatic heterocycles. The number of terminal acetylenes is 1. The van der Waals surface area contributed by atoms with E-state index >= 15 is 0 Å². The van der Waals surface area contributed by atoms with Gasteiger partial charge in [0, 0.05) is 4.90 Å². The molecule has 0 bridgehead atoms. The summed E-state index contributed by atoms with van der Waals surface area (Å²) in [6.07, 6.45) is 4.65. The molecule has 0 fully saturated rings. The summed E-state index contributed by atoms with van der Waals surface area (Å²) in [5.41, 5.74) is 4.79. The van der Waals surface area contributed by atoms with E-state index in [1.807, 2.05) is 30.3 Å². The van der Waals surface area contributed by atoms with Crippen molar-refractivity contribution in [3.05, 3.63) is 30.3 Å². The summed E-state index contributed by atoms with van der Waals surface area (Å²) >= 11 is 4.08. The first kappa shape index (κ1) is 10.1. The lowest BCUT2D eigenvalue weighted by Crippen LogP contribution is -1.91. The van der Waals surface area contributed by atoms with Gasteiger partial charge in [0.1, 0.15) is 0 Å². The molecule has 0 aliphatic rings. The van der Waals surface area contributed by atoms with Gasteiger partial charge in [-0.3, -0.25) is 0 Å². The molecular weight excluding hydrogens is 154 g/mol. The molecule has 1 aromatic rings. The fourth-order valence-corrected chi connectivity index (χ4v) is 0.600. The van der Waals surface area contributed by atoms with Gasteiger partial charge < -0.3 is 5.73 Å². The summed E-state index contributed by atoms with van der Waals surface area (Å²) in [7, 11) is 0. The van der Waals surface area contributed by atoms with Gasteiger partial charge in [0.25, 0.3) is 0 Å². The van der Waals surface area contributed by atoms with Gasteiger partial charge in [0.05, 0.1) is 6.54 Å². The van der Waals surface area contributed by atoms with Crippen LogP contribution in [-0.2, 0) is 0 Å². The van der Waals surface area contributed by atoms with Gasteiger partial charge in [-0.05, 0) is 12.1 Å². The Morgan fingerprint density at radius 2 is 1.82 bits per heavy atom. The van der Waals surface area contributed by atoms with Crippen LogP contribution in [0.1, 0.15) is 0 Å². The smallest absolute Gasteiger partial charge is 0.0548 e. The maximum absolute atomic E-state index is 4.79. The third kappa shape index (κ3) is 6.98. The second kappa shape index (κ2) is 7.20. The van der Waals surface area contributed by atoms with Gasteiger partial charge in [-0.2, -0.15) is 0 Å². The Morgan fingerprint density at radius 3 is 2.00 bits per heavy atom. The Balaban J connectivity index is 0.000000218. The fourth-order valence-electron chi connectivity index (χ4n) is 0.428. The first-order valence-electron chi connectivity index (χ1n) is 3.18. The predicted octanol–water partition coefficient (Wildman–Crippen LogP) is 1.55. The molecule has 0 saturated heterocycles. The zero-order valence-corrected chi connectivity index (χ0v) is 7.09. The van der Waals surface area contributed by atoms with Crippen LogP contribution in [0.4, 0.5) is 0 Å². The first-order chi connectivity index (χ1) is 5.31. The first-order valence-corrected chi connectivity index (χ1v) is 3.63. The van der Waals surface area contributed by atoms with Crippen molar-refractivity contribution in [2.45, 2.75) is 4.90 Å². The highest BCUT2D eigenvalue weighted by Crippen LogP contribution is 2.00. The molecule has 0 unspecified atom stereocenters. The van der Waals surface area contributed by atoms with E-state index in [-0.39, 0.29) is 0 Å². The molecule has 0 heterocycles. The topological polar surface area (TPSA) is 26.0 Å². The van der Waals surface area contributed by atoms with Crippen molar-refractivity contribution in [2.24, 2.45) is 5.73 Å². The normalized spacial score (nSPS) is 7.36. The summed E-state index contributed by atoms with van der Waals surface area (Å²) in [4.78, 5) is 1.02. The molecule has 0 saturated carbocycles. The Hall–Kier alpha value is -0.910. The highest BCUT2D eigenvalue weighted by molar-refractivity contribution is 7.80. The molecule has 0 spiro atoms. The molecule has 1 aromatic carbocycles. The standard InChI is InChI=1S/C6H6S.C3H5N/c7-6-4-2-1-3-5-6;1-2-3-4/h1-5,7H;1H,3-4H2. The summed E-state index contributed by atoms with van der Waals surface area (Å²) in [6.45, 7) is 0.347. The van der Waals surface area contributed by atoms with E-state index in [0.717, 1.165) is 4.90 Å². The Bertz CT molecular complexity index is 213. The Labute approximate surface area is 73.0 Å². The van der Waals surface area contributed by atoms with E-state index in [0.29, 0.717) is 6.54 Å². The van der Waals surface area contributed by atoms with E-state index in [1.54, 1.807) is 0 Å². The molecule has 0 aliphatic carbocycles. The number of hydrogen-bond acceptors (Lipinski definition) is 2. The summed E-state index contributed by atoms with van der Waals surface area (Å²) in [6, 6.07) is 9.79. The minimum atomic E-state index is 0.347. The highest BCUT2D eigenvalue weighted by Gasteiger charge is 1.73. The maximum Gasteiger partial charge on any atom is 0.0548 e. The van der Waals surface area contributed by atoms with Crippen LogP contribution >= 0.6 is 12.6 Å². The van der Waals surface area contributed by atoms with E-state index in [4.69, 9.17) is 5.73 Å². The molecule has 11 heavy (non-hydrogen) atoms. The van der Waals surface area contributed by atoms with E-state index in [2.05, 4.69) is 25.0 Å². The van der Waals surface area contributed by atoms with Gasteiger partial charge in [-0.1, -0.05) is 24.1 Å². The lowest BCUT2D eigenvalue weighted by molar-refractivity contribution is 1.30. The third-order valence-corrected chi connectivity index (χ3v) is 1.17. The van der Waals surface area contributed by atoms with Crippen molar-refractivity contribution < 1.29 is 0 Å². The van der Waals surface area contributed by atoms with Crippen LogP contribution in [0.3, 0.4) is 0 Å². The maximum atomic E-state index is 4.79. The van der Waals surface area contributed by atoms with Gasteiger partial charge in [0.15, 0.2) is 0 Å². The fraction of sp³-hybridized carbons (Fsp3) is 0.111. The minimum Gasteiger partial charge on any atom is -0.320 e. The number of benzene rings is 1.